The highest BCUT2D eigenvalue weighted by molar-refractivity contribution is 5.91. The van der Waals surface area contributed by atoms with E-state index in [0.29, 0.717) is 12.8 Å². The average Bonchev–Trinajstić information content (AvgIpc) is 2.59. The molecule has 1 N–H and O–H groups in total. The van der Waals surface area contributed by atoms with Crippen LogP contribution >= 0.6 is 0 Å². The monoisotopic (exact) mass is 354 g/mol. The molecular formula is C18H30N2O5. The maximum absolute atomic E-state index is 12.5. The lowest BCUT2D eigenvalue weighted by Gasteiger charge is -2.32. The summed E-state index contributed by atoms with van der Waals surface area (Å²) in [6.07, 6.45) is 4.62. The van der Waals surface area contributed by atoms with Gasteiger partial charge in [0.25, 0.3) is 5.72 Å². The Morgan fingerprint density at radius 1 is 1.16 bits per heavy atom. The van der Waals surface area contributed by atoms with Gasteiger partial charge < -0.3 is 19.7 Å². The first kappa shape index (κ1) is 21.4. The van der Waals surface area contributed by atoms with Crippen molar-refractivity contribution in [1.29, 1.82) is 0 Å². The average molecular weight is 354 g/mol. The van der Waals surface area contributed by atoms with Crippen molar-refractivity contribution in [3.63, 3.8) is 0 Å². The molecule has 0 spiro atoms. The molecule has 0 saturated carbocycles. The number of ether oxygens (including phenoxy) is 2. The quantitative estimate of drug-likeness (QED) is 0.363. The van der Waals surface area contributed by atoms with E-state index in [1.807, 2.05) is 5.94 Å². The van der Waals surface area contributed by atoms with E-state index in [-0.39, 0.29) is 18.8 Å². The van der Waals surface area contributed by atoms with Gasteiger partial charge in [-0.3, -0.25) is 4.79 Å². The van der Waals surface area contributed by atoms with Crippen LogP contribution in [0.4, 0.5) is 0 Å². The van der Waals surface area contributed by atoms with Crippen LogP contribution in [0.15, 0.2) is 5.57 Å². The van der Waals surface area contributed by atoms with Crippen LogP contribution in [-0.2, 0) is 23.9 Å². The Morgan fingerprint density at radius 2 is 1.84 bits per heavy atom. The maximum Gasteiger partial charge on any atom is 0.365 e. The predicted molar refractivity (Wildman–Crippen MR) is 93.5 cm³/mol. The van der Waals surface area contributed by atoms with E-state index < -0.39 is 17.6 Å². The predicted octanol–water partition coefficient (Wildman–Crippen LogP) is 1.44. The fourth-order valence-corrected chi connectivity index (χ4v) is 3.09. The molecule has 142 valence electrons. The van der Waals surface area contributed by atoms with E-state index in [4.69, 9.17) is 9.47 Å². The lowest BCUT2D eigenvalue weighted by Crippen LogP contribution is -2.58. The van der Waals surface area contributed by atoms with Gasteiger partial charge in [-0.15, -0.1) is 0 Å². The van der Waals surface area contributed by atoms with Crippen LogP contribution in [0.3, 0.4) is 0 Å². The van der Waals surface area contributed by atoms with Gasteiger partial charge >= 0.3 is 5.97 Å². The molecule has 0 aromatic heterocycles. The number of hydrogen-bond donors (Lipinski definition) is 1. The minimum absolute atomic E-state index is 0.0695. The fourth-order valence-electron chi connectivity index (χ4n) is 3.09. The molecule has 1 heterocycles. The SMILES string of the molecule is CCOC(=O)C(NC(C)=O)(OCC)C(=C=O)CCCN1CCCCC1. The van der Waals surface area contributed by atoms with Gasteiger partial charge in [-0.1, -0.05) is 6.42 Å². The smallest absolute Gasteiger partial charge is 0.365 e. The molecule has 1 unspecified atom stereocenters. The second-order valence-electron chi connectivity index (χ2n) is 6.10. The number of piperidine rings is 1. The van der Waals surface area contributed by atoms with Crippen molar-refractivity contribution in [3.8, 4) is 0 Å². The minimum Gasteiger partial charge on any atom is -0.462 e. The number of carbonyl (C=O) groups is 2. The van der Waals surface area contributed by atoms with Crippen LogP contribution in [0, 0.1) is 0 Å². The van der Waals surface area contributed by atoms with Gasteiger partial charge in [0.05, 0.1) is 12.2 Å². The highest BCUT2D eigenvalue weighted by atomic mass is 16.6. The molecule has 1 rings (SSSR count). The number of nitrogens with zero attached hydrogens (tertiary/aromatic N) is 1. The van der Waals surface area contributed by atoms with Gasteiger partial charge in [-0.25, -0.2) is 9.59 Å². The third-order valence-corrected chi connectivity index (χ3v) is 4.17. The molecule has 0 aromatic rings. The van der Waals surface area contributed by atoms with E-state index in [9.17, 15) is 14.4 Å². The van der Waals surface area contributed by atoms with E-state index in [2.05, 4.69) is 10.2 Å². The zero-order valence-corrected chi connectivity index (χ0v) is 15.6. The number of esters is 1. The molecule has 0 aromatic carbocycles. The summed E-state index contributed by atoms with van der Waals surface area (Å²) < 4.78 is 10.6. The molecule has 1 amide bonds. The molecule has 1 saturated heterocycles. The van der Waals surface area contributed by atoms with Crippen molar-refractivity contribution < 1.29 is 23.9 Å². The molecule has 7 nitrogen and oxygen atoms in total. The number of rotatable bonds is 10. The highest BCUT2D eigenvalue weighted by Crippen LogP contribution is 2.24. The fraction of sp³-hybridized carbons (Fsp3) is 0.778. The molecule has 1 fully saturated rings. The van der Waals surface area contributed by atoms with Gasteiger partial charge in [0.2, 0.25) is 5.91 Å². The summed E-state index contributed by atoms with van der Waals surface area (Å²) in [7, 11) is 0. The van der Waals surface area contributed by atoms with Gasteiger partial charge in [0, 0.05) is 13.5 Å². The van der Waals surface area contributed by atoms with Crippen molar-refractivity contribution >= 4 is 17.8 Å². The highest BCUT2D eigenvalue weighted by Gasteiger charge is 2.46. The normalized spacial score (nSPS) is 17.2. The number of nitrogens with one attached hydrogen (secondary N) is 1. The Labute approximate surface area is 149 Å². The molecule has 0 bridgehead atoms. The Bertz CT molecular complexity index is 496. The van der Waals surface area contributed by atoms with E-state index in [0.717, 1.165) is 19.6 Å². The van der Waals surface area contributed by atoms with Crippen LogP contribution in [0.1, 0.15) is 52.9 Å². The zero-order chi connectivity index (χ0) is 18.7. The Kier molecular flexibility index (Phi) is 9.42. The van der Waals surface area contributed by atoms with Gasteiger partial charge in [0.1, 0.15) is 5.94 Å². The number of amides is 1. The van der Waals surface area contributed by atoms with Crippen molar-refractivity contribution in [2.75, 3.05) is 32.8 Å². The first-order valence-corrected chi connectivity index (χ1v) is 9.06. The summed E-state index contributed by atoms with van der Waals surface area (Å²) in [5, 5.41) is 2.47. The zero-order valence-electron chi connectivity index (χ0n) is 15.6. The topological polar surface area (TPSA) is 84.9 Å². The van der Waals surface area contributed by atoms with Crippen LogP contribution in [0.2, 0.25) is 0 Å². The Hall–Kier alpha value is -1.69. The Morgan fingerprint density at radius 3 is 2.36 bits per heavy atom. The van der Waals surface area contributed by atoms with Crippen LogP contribution in [0.25, 0.3) is 0 Å². The summed E-state index contributed by atoms with van der Waals surface area (Å²) in [5.41, 5.74) is -1.82. The second-order valence-corrected chi connectivity index (χ2v) is 6.10. The molecule has 0 aliphatic carbocycles. The first-order chi connectivity index (χ1) is 12.0. The number of likely N-dealkylation sites (tertiary alicyclic amines) is 1. The first-order valence-electron chi connectivity index (χ1n) is 9.06. The summed E-state index contributed by atoms with van der Waals surface area (Å²) >= 11 is 0. The Balaban J connectivity index is 2.88. The lowest BCUT2D eigenvalue weighted by atomic mass is 9.98. The lowest BCUT2D eigenvalue weighted by molar-refractivity contribution is -0.173. The molecule has 0 radical (unpaired) electrons. The van der Waals surface area contributed by atoms with E-state index in [1.54, 1.807) is 13.8 Å². The van der Waals surface area contributed by atoms with Gasteiger partial charge in [-0.05, 0) is 59.2 Å². The summed E-state index contributed by atoms with van der Waals surface area (Å²) in [6.45, 7) is 7.80. The molecule has 25 heavy (non-hydrogen) atoms. The summed E-state index contributed by atoms with van der Waals surface area (Å²) in [4.78, 5) is 38.0. The molecule has 7 heteroatoms. The number of carbonyl (C=O) groups excluding carboxylic acids is 3. The largest absolute Gasteiger partial charge is 0.462 e. The van der Waals surface area contributed by atoms with Crippen LogP contribution in [-0.4, -0.2) is 61.3 Å². The third kappa shape index (κ3) is 6.27. The van der Waals surface area contributed by atoms with Gasteiger partial charge in [-0.2, -0.15) is 0 Å². The minimum atomic E-state index is -1.89. The van der Waals surface area contributed by atoms with Crippen molar-refractivity contribution in [1.82, 2.24) is 10.2 Å². The molecule has 1 aliphatic rings. The van der Waals surface area contributed by atoms with E-state index >= 15 is 0 Å². The molecular weight excluding hydrogens is 324 g/mol. The second kappa shape index (κ2) is 11.0. The molecule has 1 atom stereocenters. The van der Waals surface area contributed by atoms with Crippen molar-refractivity contribution in [2.45, 2.75) is 58.6 Å². The summed E-state index contributed by atoms with van der Waals surface area (Å²) in [5.74, 6) is 0.548. The number of hydrogen-bond acceptors (Lipinski definition) is 6. The standard InChI is InChI=1S/C18H30N2O5/c1-4-24-17(23)18(25-5-2,19-15(3)22)16(14-21)10-9-13-20-11-7-6-8-12-20/h4-13H2,1-3H3,(H,19,22). The van der Waals surface area contributed by atoms with Crippen LogP contribution < -0.4 is 5.32 Å². The maximum atomic E-state index is 12.5. The van der Waals surface area contributed by atoms with Crippen molar-refractivity contribution in [2.24, 2.45) is 0 Å². The van der Waals surface area contributed by atoms with Gasteiger partial charge in [0.15, 0.2) is 0 Å². The van der Waals surface area contributed by atoms with Crippen LogP contribution in [0.5, 0.6) is 0 Å². The summed E-state index contributed by atoms with van der Waals surface area (Å²) in [6, 6.07) is 0. The molecule has 1 aliphatic heterocycles. The third-order valence-electron chi connectivity index (χ3n) is 4.17. The van der Waals surface area contributed by atoms with E-state index in [1.165, 1.54) is 26.2 Å². The van der Waals surface area contributed by atoms with Crippen molar-refractivity contribution in [3.05, 3.63) is 5.57 Å².